The summed E-state index contributed by atoms with van der Waals surface area (Å²) in [5, 5.41) is 13.8. The first-order valence-corrected chi connectivity index (χ1v) is 11.9. The fraction of sp³-hybridized carbons (Fsp3) is 0.519. The Morgan fingerprint density at radius 3 is 2.53 bits per heavy atom. The van der Waals surface area contributed by atoms with E-state index in [1.807, 2.05) is 0 Å². The minimum absolute atomic E-state index is 0.0616. The lowest BCUT2D eigenvalue weighted by molar-refractivity contribution is -0.143. The zero-order valence-corrected chi connectivity index (χ0v) is 20.2. The summed E-state index contributed by atoms with van der Waals surface area (Å²) in [7, 11) is 0. The van der Waals surface area contributed by atoms with Gasteiger partial charge in [-0.3, -0.25) is 4.79 Å². The summed E-state index contributed by atoms with van der Waals surface area (Å²) in [5.41, 5.74) is 3.05. The van der Waals surface area contributed by atoms with E-state index < -0.39 is 23.7 Å². The molecule has 0 heterocycles. The highest BCUT2D eigenvalue weighted by Crippen LogP contribution is 2.32. The first kappa shape index (κ1) is 26.1. The number of nitrogens with one attached hydrogen (secondary N) is 1. The van der Waals surface area contributed by atoms with Gasteiger partial charge in [-0.05, 0) is 81.2 Å². The van der Waals surface area contributed by atoms with Crippen molar-refractivity contribution < 1.29 is 28.2 Å². The number of benzene rings is 2. The maximum absolute atomic E-state index is 14.2. The maximum atomic E-state index is 14.2. The zero-order chi connectivity index (χ0) is 24.7. The third kappa shape index (κ3) is 7.50. The number of carbonyl (C=O) groups is 1. The van der Waals surface area contributed by atoms with E-state index in [9.17, 15) is 18.7 Å². The number of ether oxygens (including phenoxy) is 2. The van der Waals surface area contributed by atoms with E-state index in [1.165, 1.54) is 17.2 Å². The van der Waals surface area contributed by atoms with E-state index in [0.717, 1.165) is 25.3 Å². The van der Waals surface area contributed by atoms with Gasteiger partial charge in [-0.25, -0.2) is 4.39 Å². The number of aryl methyl sites for hydroxylation is 1. The van der Waals surface area contributed by atoms with Crippen LogP contribution in [0.3, 0.4) is 0 Å². The highest BCUT2D eigenvalue weighted by atomic mass is 19.2. The number of rotatable bonds is 12. The Morgan fingerprint density at radius 2 is 1.88 bits per heavy atom. The van der Waals surface area contributed by atoms with Gasteiger partial charge >= 0.3 is 5.97 Å². The van der Waals surface area contributed by atoms with Crippen LogP contribution in [0.4, 0.5) is 8.78 Å². The van der Waals surface area contributed by atoms with E-state index in [0.29, 0.717) is 11.5 Å². The monoisotopic (exact) mass is 475 g/mol. The molecule has 0 unspecified atom stereocenters. The summed E-state index contributed by atoms with van der Waals surface area (Å²) < 4.78 is 38.4. The third-order valence-electron chi connectivity index (χ3n) is 6.16. The normalized spacial score (nSPS) is 14.6. The van der Waals surface area contributed by atoms with Gasteiger partial charge in [0.1, 0.15) is 12.7 Å². The Morgan fingerprint density at radius 1 is 1.21 bits per heavy atom. The van der Waals surface area contributed by atoms with Gasteiger partial charge in [0, 0.05) is 18.5 Å². The molecule has 186 valence electrons. The fourth-order valence-corrected chi connectivity index (χ4v) is 4.57. The second-order valence-electron chi connectivity index (χ2n) is 9.67. The van der Waals surface area contributed by atoms with Crippen molar-refractivity contribution in [3.63, 3.8) is 0 Å². The molecule has 34 heavy (non-hydrogen) atoms. The van der Waals surface area contributed by atoms with Crippen molar-refractivity contribution in [2.45, 2.75) is 64.5 Å². The number of hydrogen-bond donors (Lipinski definition) is 2. The summed E-state index contributed by atoms with van der Waals surface area (Å²) in [6.07, 6.45) is 2.44. The number of halogens is 2. The lowest BCUT2D eigenvalue weighted by Crippen LogP contribution is -2.46. The molecule has 0 aliphatic heterocycles. The number of β-amino-alcohol motifs (C(OH)–C–C–N with tert-alkyl or cyclic N) is 1. The van der Waals surface area contributed by atoms with Gasteiger partial charge in [0.05, 0.1) is 6.61 Å². The largest absolute Gasteiger partial charge is 0.488 e. The van der Waals surface area contributed by atoms with Gasteiger partial charge < -0.3 is 19.9 Å². The van der Waals surface area contributed by atoms with Crippen molar-refractivity contribution in [2.24, 2.45) is 5.92 Å². The Bertz CT molecular complexity index is 954. The summed E-state index contributed by atoms with van der Waals surface area (Å²) >= 11 is 0. The predicted molar refractivity (Wildman–Crippen MR) is 127 cm³/mol. The topological polar surface area (TPSA) is 67.8 Å². The molecule has 0 fully saturated rings. The quantitative estimate of drug-likeness (QED) is 0.446. The molecule has 0 bridgehead atoms. The Labute approximate surface area is 200 Å². The van der Waals surface area contributed by atoms with Crippen molar-refractivity contribution >= 4 is 5.97 Å². The van der Waals surface area contributed by atoms with Crippen LogP contribution in [0.2, 0.25) is 0 Å². The number of carbonyl (C=O) groups excluding carboxylic acids is 1. The molecule has 0 saturated heterocycles. The summed E-state index contributed by atoms with van der Waals surface area (Å²) in [5.74, 6) is -2.30. The lowest BCUT2D eigenvalue weighted by atomic mass is 9.88. The molecule has 2 aromatic carbocycles. The number of fused-ring (bicyclic) bond motifs is 1. The van der Waals surface area contributed by atoms with Crippen LogP contribution in [0.15, 0.2) is 36.4 Å². The Kier molecular flexibility index (Phi) is 9.03. The summed E-state index contributed by atoms with van der Waals surface area (Å²) in [4.78, 5) is 11.5. The molecule has 0 saturated carbocycles. The van der Waals surface area contributed by atoms with E-state index in [1.54, 1.807) is 6.92 Å². The first-order valence-electron chi connectivity index (χ1n) is 11.9. The molecule has 0 aromatic heterocycles. The molecular weight excluding hydrogens is 440 g/mol. The van der Waals surface area contributed by atoms with Gasteiger partial charge in [-0.15, -0.1) is 0 Å². The third-order valence-corrected chi connectivity index (χ3v) is 6.16. The van der Waals surface area contributed by atoms with E-state index in [4.69, 9.17) is 9.47 Å². The van der Waals surface area contributed by atoms with Crippen molar-refractivity contribution in [2.75, 3.05) is 19.8 Å². The minimum atomic E-state index is -1.11. The van der Waals surface area contributed by atoms with Crippen molar-refractivity contribution in [1.29, 1.82) is 0 Å². The average Bonchev–Trinajstić information content (AvgIpc) is 3.19. The van der Waals surface area contributed by atoms with Crippen LogP contribution in [0.1, 0.15) is 50.3 Å². The molecule has 2 aromatic rings. The van der Waals surface area contributed by atoms with Crippen LogP contribution >= 0.6 is 0 Å². The highest BCUT2D eigenvalue weighted by molar-refractivity contribution is 5.69. The first-order chi connectivity index (χ1) is 16.2. The molecule has 1 aliphatic carbocycles. The molecule has 7 heteroatoms. The highest BCUT2D eigenvalue weighted by Gasteiger charge is 2.28. The molecular formula is C27H35F2NO4. The zero-order valence-electron chi connectivity index (χ0n) is 20.2. The molecule has 0 amide bonds. The molecule has 5 nitrogen and oxygen atoms in total. The second-order valence-corrected chi connectivity index (χ2v) is 9.67. The van der Waals surface area contributed by atoms with E-state index in [-0.39, 0.29) is 43.9 Å². The molecule has 3 rings (SSSR count). The maximum Gasteiger partial charge on any atom is 0.306 e. The Hall–Kier alpha value is -2.51. The van der Waals surface area contributed by atoms with Crippen molar-refractivity contribution in [3.05, 3.63) is 64.7 Å². The molecule has 1 atom stereocenters. The van der Waals surface area contributed by atoms with Gasteiger partial charge in [-0.1, -0.05) is 24.3 Å². The van der Waals surface area contributed by atoms with Gasteiger partial charge in [0.2, 0.25) is 5.82 Å². The van der Waals surface area contributed by atoms with E-state index >= 15 is 0 Å². The van der Waals surface area contributed by atoms with Crippen molar-refractivity contribution in [3.8, 4) is 5.75 Å². The fourth-order valence-electron chi connectivity index (χ4n) is 4.57. The van der Waals surface area contributed by atoms with Gasteiger partial charge in [0.15, 0.2) is 11.6 Å². The second kappa shape index (κ2) is 11.8. The van der Waals surface area contributed by atoms with E-state index in [2.05, 4.69) is 43.4 Å². The summed E-state index contributed by atoms with van der Waals surface area (Å²) in [6.45, 7) is 6.25. The molecule has 2 N–H and O–H groups in total. The van der Waals surface area contributed by atoms with Crippen LogP contribution in [-0.4, -0.2) is 42.5 Å². The smallest absolute Gasteiger partial charge is 0.306 e. The van der Waals surface area contributed by atoms with Gasteiger partial charge in [0.25, 0.3) is 0 Å². The number of aliphatic hydroxyl groups is 1. The lowest BCUT2D eigenvalue weighted by Gasteiger charge is -2.30. The van der Waals surface area contributed by atoms with Crippen LogP contribution in [0, 0.1) is 17.6 Å². The standard InChI is InChI=1S/C27H35F2NO4/c1-4-33-25(32)10-9-18-13-23(28)26(29)24(14-18)34-17-22(31)16-30-27(2,3)15-19-11-20-7-5-6-8-21(20)12-19/h5-8,13-14,19,22,30-31H,4,9-12,15-17H2,1-3H3/t22-/m0/s1. The van der Waals surface area contributed by atoms with Crippen LogP contribution in [-0.2, 0) is 28.8 Å². The molecule has 0 spiro atoms. The van der Waals surface area contributed by atoms with Crippen LogP contribution in [0.25, 0.3) is 0 Å². The van der Waals surface area contributed by atoms with Crippen LogP contribution in [0.5, 0.6) is 5.75 Å². The minimum Gasteiger partial charge on any atom is -0.488 e. The SMILES string of the molecule is CCOC(=O)CCc1cc(F)c(F)c(OC[C@@H](O)CNC(C)(C)CC2Cc3ccccc3C2)c1. The molecule has 1 aliphatic rings. The number of esters is 1. The Balaban J connectivity index is 1.46. The summed E-state index contributed by atoms with van der Waals surface area (Å²) in [6, 6.07) is 10.9. The predicted octanol–water partition coefficient (Wildman–Crippen LogP) is 4.37. The van der Waals surface area contributed by atoms with Gasteiger partial charge in [-0.2, -0.15) is 4.39 Å². The van der Waals surface area contributed by atoms with Crippen LogP contribution < -0.4 is 10.1 Å². The molecule has 0 radical (unpaired) electrons. The number of hydrogen-bond acceptors (Lipinski definition) is 5. The average molecular weight is 476 g/mol. The number of aliphatic hydroxyl groups excluding tert-OH is 1. The van der Waals surface area contributed by atoms with Crippen molar-refractivity contribution in [1.82, 2.24) is 5.32 Å².